The molecule has 0 aliphatic carbocycles. The standard InChI is InChI=1S/C24H37N3O5/c1-16(13-24(2,3)14-17-7-5-4-6-8-17)11-20(32-23(25)31)22(30)27-19(15-28)12-18-9-10-26-21(18)29/h4-8,16,18-20,28H,9-15H2,1-3H3,(H2,25,31)(H,26,29)(H,27,30)/t16?,18-,19?,20?/m0/s1. The molecule has 32 heavy (non-hydrogen) atoms. The maximum atomic E-state index is 12.8. The number of carbonyl (C=O) groups is 3. The van der Waals surface area contributed by atoms with Gasteiger partial charge in [0, 0.05) is 12.5 Å². The van der Waals surface area contributed by atoms with E-state index in [0.29, 0.717) is 25.8 Å². The van der Waals surface area contributed by atoms with Crippen LogP contribution in [-0.2, 0) is 20.7 Å². The molecule has 178 valence electrons. The molecule has 3 unspecified atom stereocenters. The van der Waals surface area contributed by atoms with Gasteiger partial charge in [-0.3, -0.25) is 9.59 Å². The van der Waals surface area contributed by atoms with Crippen LogP contribution in [0.4, 0.5) is 4.79 Å². The molecule has 0 aromatic heterocycles. The molecule has 1 aromatic carbocycles. The summed E-state index contributed by atoms with van der Waals surface area (Å²) in [5, 5.41) is 15.2. The van der Waals surface area contributed by atoms with Crippen LogP contribution in [-0.4, -0.2) is 48.3 Å². The van der Waals surface area contributed by atoms with E-state index in [1.54, 1.807) is 0 Å². The number of nitrogens with two attached hydrogens (primary N) is 1. The topological polar surface area (TPSA) is 131 Å². The van der Waals surface area contributed by atoms with E-state index in [2.05, 4.69) is 36.6 Å². The van der Waals surface area contributed by atoms with Crippen molar-refractivity contribution in [2.75, 3.05) is 13.2 Å². The molecular formula is C24H37N3O5. The first kappa shape index (κ1) is 25.6. The summed E-state index contributed by atoms with van der Waals surface area (Å²) >= 11 is 0. The minimum absolute atomic E-state index is 0.0159. The van der Waals surface area contributed by atoms with Gasteiger partial charge in [0.1, 0.15) is 0 Å². The van der Waals surface area contributed by atoms with Crippen molar-refractivity contribution in [3.8, 4) is 0 Å². The molecule has 1 heterocycles. The van der Waals surface area contributed by atoms with E-state index in [1.165, 1.54) is 5.56 Å². The van der Waals surface area contributed by atoms with E-state index < -0.39 is 24.1 Å². The molecule has 1 aromatic rings. The van der Waals surface area contributed by atoms with Gasteiger partial charge in [-0.1, -0.05) is 51.1 Å². The van der Waals surface area contributed by atoms with Crippen LogP contribution in [0.15, 0.2) is 30.3 Å². The van der Waals surface area contributed by atoms with Crippen LogP contribution in [0.2, 0.25) is 0 Å². The van der Waals surface area contributed by atoms with Crippen LogP contribution in [0, 0.1) is 17.3 Å². The van der Waals surface area contributed by atoms with Gasteiger partial charge in [-0.2, -0.15) is 0 Å². The minimum Gasteiger partial charge on any atom is -0.436 e. The molecule has 0 bridgehead atoms. The molecule has 8 nitrogen and oxygen atoms in total. The maximum absolute atomic E-state index is 12.8. The third-order valence-corrected chi connectivity index (χ3v) is 5.89. The SMILES string of the molecule is CC(CC(OC(N)=O)C(=O)NC(CO)C[C@@H]1CCNC1=O)CC(C)(C)Cc1ccccc1. The number of rotatable bonds is 12. The van der Waals surface area contributed by atoms with Crippen molar-refractivity contribution in [2.24, 2.45) is 23.0 Å². The lowest BCUT2D eigenvalue weighted by Gasteiger charge is -2.30. The zero-order chi connectivity index (χ0) is 23.7. The predicted octanol–water partition coefficient (Wildman–Crippen LogP) is 2.14. The van der Waals surface area contributed by atoms with Gasteiger partial charge in [-0.25, -0.2) is 4.79 Å². The van der Waals surface area contributed by atoms with Crippen molar-refractivity contribution in [3.63, 3.8) is 0 Å². The summed E-state index contributed by atoms with van der Waals surface area (Å²) in [6, 6.07) is 9.62. The fourth-order valence-electron chi connectivity index (χ4n) is 4.65. The molecule has 2 rings (SSSR count). The molecular weight excluding hydrogens is 410 g/mol. The Morgan fingerprint density at radius 3 is 2.56 bits per heavy atom. The van der Waals surface area contributed by atoms with E-state index >= 15 is 0 Å². The van der Waals surface area contributed by atoms with Crippen LogP contribution in [0.1, 0.15) is 52.0 Å². The molecule has 0 saturated carbocycles. The Bertz CT molecular complexity index is 768. The Morgan fingerprint density at radius 2 is 2.00 bits per heavy atom. The van der Waals surface area contributed by atoms with Gasteiger partial charge in [0.05, 0.1) is 12.6 Å². The minimum atomic E-state index is -1.05. The van der Waals surface area contributed by atoms with Crippen LogP contribution in [0.3, 0.4) is 0 Å². The second-order valence-corrected chi connectivity index (χ2v) is 9.70. The van der Waals surface area contributed by atoms with E-state index in [4.69, 9.17) is 10.5 Å². The van der Waals surface area contributed by atoms with Gasteiger partial charge in [0.25, 0.3) is 5.91 Å². The summed E-state index contributed by atoms with van der Waals surface area (Å²) in [7, 11) is 0. The number of ether oxygens (including phenoxy) is 1. The highest BCUT2D eigenvalue weighted by Crippen LogP contribution is 2.32. The molecule has 1 saturated heterocycles. The first-order valence-corrected chi connectivity index (χ1v) is 11.3. The van der Waals surface area contributed by atoms with Crippen molar-refractivity contribution in [2.45, 2.75) is 65.0 Å². The molecule has 0 radical (unpaired) electrons. The Balaban J connectivity index is 1.95. The summed E-state index contributed by atoms with van der Waals surface area (Å²) in [5.74, 6) is -0.747. The number of benzene rings is 1. The Kier molecular flexibility index (Phi) is 9.50. The van der Waals surface area contributed by atoms with E-state index in [1.807, 2.05) is 25.1 Å². The van der Waals surface area contributed by atoms with Crippen molar-refractivity contribution in [3.05, 3.63) is 35.9 Å². The van der Waals surface area contributed by atoms with Crippen molar-refractivity contribution in [1.82, 2.24) is 10.6 Å². The van der Waals surface area contributed by atoms with Crippen LogP contribution < -0.4 is 16.4 Å². The third-order valence-electron chi connectivity index (χ3n) is 5.89. The highest BCUT2D eigenvalue weighted by Gasteiger charge is 2.32. The normalized spacial score (nSPS) is 19.0. The van der Waals surface area contributed by atoms with Crippen LogP contribution >= 0.6 is 0 Å². The molecule has 1 aliphatic heterocycles. The number of aliphatic hydroxyl groups excluding tert-OH is 1. The molecule has 0 spiro atoms. The van der Waals surface area contributed by atoms with E-state index in [0.717, 1.165) is 12.8 Å². The Morgan fingerprint density at radius 1 is 1.31 bits per heavy atom. The largest absolute Gasteiger partial charge is 0.436 e. The summed E-state index contributed by atoms with van der Waals surface area (Å²) < 4.78 is 5.12. The molecule has 1 fully saturated rings. The van der Waals surface area contributed by atoms with Crippen molar-refractivity contribution < 1.29 is 24.2 Å². The van der Waals surface area contributed by atoms with Gasteiger partial charge >= 0.3 is 6.09 Å². The fourth-order valence-corrected chi connectivity index (χ4v) is 4.65. The lowest BCUT2D eigenvalue weighted by Crippen LogP contribution is -2.47. The highest BCUT2D eigenvalue weighted by atomic mass is 16.6. The number of carbonyl (C=O) groups excluding carboxylic acids is 3. The quantitative estimate of drug-likeness (QED) is 0.390. The average Bonchev–Trinajstić information content (AvgIpc) is 3.10. The third kappa shape index (κ3) is 8.49. The number of aliphatic hydroxyl groups is 1. The number of primary amides is 1. The van der Waals surface area contributed by atoms with Gasteiger partial charge in [0.15, 0.2) is 6.10 Å². The molecule has 3 amide bonds. The number of amides is 3. The zero-order valence-electron chi connectivity index (χ0n) is 19.3. The molecule has 5 N–H and O–H groups in total. The van der Waals surface area contributed by atoms with Gasteiger partial charge < -0.3 is 26.2 Å². The number of hydrogen-bond donors (Lipinski definition) is 4. The number of nitrogens with one attached hydrogen (secondary N) is 2. The molecule has 8 heteroatoms. The summed E-state index contributed by atoms with van der Waals surface area (Å²) in [6.07, 6.45) is 0.950. The first-order chi connectivity index (χ1) is 15.1. The summed E-state index contributed by atoms with van der Waals surface area (Å²) in [6.45, 7) is 6.66. The molecule has 1 aliphatic rings. The van der Waals surface area contributed by atoms with Gasteiger partial charge in [0.2, 0.25) is 5.91 Å². The lowest BCUT2D eigenvalue weighted by atomic mass is 9.77. The summed E-state index contributed by atoms with van der Waals surface area (Å²) in [4.78, 5) is 36.1. The second-order valence-electron chi connectivity index (χ2n) is 9.70. The molecule has 4 atom stereocenters. The van der Waals surface area contributed by atoms with Gasteiger partial charge in [-0.15, -0.1) is 0 Å². The maximum Gasteiger partial charge on any atom is 0.405 e. The Labute approximate surface area is 190 Å². The van der Waals surface area contributed by atoms with Crippen molar-refractivity contribution in [1.29, 1.82) is 0 Å². The van der Waals surface area contributed by atoms with E-state index in [-0.39, 0.29) is 29.8 Å². The highest BCUT2D eigenvalue weighted by molar-refractivity contribution is 5.84. The number of hydrogen-bond acceptors (Lipinski definition) is 5. The van der Waals surface area contributed by atoms with Crippen molar-refractivity contribution >= 4 is 17.9 Å². The predicted molar refractivity (Wildman–Crippen MR) is 122 cm³/mol. The monoisotopic (exact) mass is 447 g/mol. The van der Waals surface area contributed by atoms with E-state index in [9.17, 15) is 19.5 Å². The smallest absolute Gasteiger partial charge is 0.405 e. The zero-order valence-corrected chi connectivity index (χ0v) is 19.3. The van der Waals surface area contributed by atoms with Crippen LogP contribution in [0.25, 0.3) is 0 Å². The Hall–Kier alpha value is -2.61. The first-order valence-electron chi connectivity index (χ1n) is 11.3. The average molecular weight is 448 g/mol. The lowest BCUT2D eigenvalue weighted by molar-refractivity contribution is -0.132. The fraction of sp³-hybridized carbons (Fsp3) is 0.625. The van der Waals surface area contributed by atoms with Crippen LogP contribution in [0.5, 0.6) is 0 Å². The van der Waals surface area contributed by atoms with Gasteiger partial charge in [-0.05, 0) is 49.0 Å². The second kappa shape index (κ2) is 11.9. The summed E-state index contributed by atoms with van der Waals surface area (Å²) in [5.41, 5.74) is 6.44.